The molecule has 3 nitrogen and oxygen atoms in total. The fraction of sp³-hybridized carbons (Fsp3) is 0.154. The molecule has 0 atom stereocenters. The molecule has 0 radical (unpaired) electrons. The Balaban J connectivity index is 2.38. The molecular weight excluding hydrogens is 340 g/mol. The molecule has 0 aliphatic heterocycles. The maximum absolute atomic E-state index is 6.13. The van der Waals surface area contributed by atoms with Crippen LogP contribution in [0.1, 0.15) is 6.92 Å². The van der Waals surface area contributed by atoms with Crippen molar-refractivity contribution in [1.82, 2.24) is 4.98 Å². The van der Waals surface area contributed by atoms with Gasteiger partial charge in [0.05, 0.1) is 25.8 Å². The highest BCUT2D eigenvalue weighted by Gasteiger charge is 2.11. The molecule has 0 saturated heterocycles. The predicted molar refractivity (Wildman–Crippen MR) is 88.2 cm³/mol. The molecular formula is C13H11Cl4N3. The van der Waals surface area contributed by atoms with Crippen LogP contribution in [0.15, 0.2) is 24.3 Å². The molecule has 0 spiro atoms. The van der Waals surface area contributed by atoms with Gasteiger partial charge in [0.25, 0.3) is 0 Å². The van der Waals surface area contributed by atoms with Crippen molar-refractivity contribution in [3.63, 3.8) is 0 Å². The van der Waals surface area contributed by atoms with E-state index >= 15 is 0 Å². The van der Waals surface area contributed by atoms with Crippen LogP contribution in [0.5, 0.6) is 0 Å². The van der Waals surface area contributed by atoms with Crippen molar-refractivity contribution in [2.45, 2.75) is 6.92 Å². The van der Waals surface area contributed by atoms with E-state index in [0.29, 0.717) is 44.0 Å². The lowest BCUT2D eigenvalue weighted by atomic mass is 10.3. The second-order valence-corrected chi connectivity index (χ2v) is 5.51. The molecule has 106 valence electrons. The van der Waals surface area contributed by atoms with Crippen molar-refractivity contribution in [3.8, 4) is 0 Å². The third-order valence-electron chi connectivity index (χ3n) is 2.48. The molecule has 0 fully saturated rings. The zero-order chi connectivity index (χ0) is 14.7. The molecule has 7 heteroatoms. The van der Waals surface area contributed by atoms with Gasteiger partial charge in [-0.2, -0.15) is 0 Å². The molecule has 1 heterocycles. The van der Waals surface area contributed by atoms with E-state index in [0.717, 1.165) is 0 Å². The van der Waals surface area contributed by atoms with Crippen molar-refractivity contribution >= 4 is 63.7 Å². The summed E-state index contributed by atoms with van der Waals surface area (Å²) >= 11 is 24.3. The number of hydrogen-bond acceptors (Lipinski definition) is 3. The van der Waals surface area contributed by atoms with Crippen molar-refractivity contribution in [2.24, 2.45) is 0 Å². The Bertz CT molecular complexity index is 631. The van der Waals surface area contributed by atoms with E-state index in [1.54, 1.807) is 24.3 Å². The minimum absolute atomic E-state index is 0.396. The quantitative estimate of drug-likeness (QED) is 0.723. The van der Waals surface area contributed by atoms with Crippen molar-refractivity contribution in [3.05, 3.63) is 44.4 Å². The Morgan fingerprint density at radius 2 is 1.70 bits per heavy atom. The molecule has 20 heavy (non-hydrogen) atoms. The number of nitrogens with one attached hydrogen (secondary N) is 2. The van der Waals surface area contributed by atoms with Gasteiger partial charge in [-0.05, 0) is 25.1 Å². The molecule has 1 aromatic heterocycles. The molecule has 0 unspecified atom stereocenters. The monoisotopic (exact) mass is 349 g/mol. The molecule has 0 saturated carbocycles. The lowest BCUT2D eigenvalue weighted by molar-refractivity contribution is 1.16. The van der Waals surface area contributed by atoms with Crippen molar-refractivity contribution < 1.29 is 0 Å². The maximum atomic E-state index is 6.13. The summed E-state index contributed by atoms with van der Waals surface area (Å²) in [6, 6.07) is 6.89. The Morgan fingerprint density at radius 1 is 1.00 bits per heavy atom. The van der Waals surface area contributed by atoms with E-state index < -0.39 is 0 Å². The van der Waals surface area contributed by atoms with Gasteiger partial charge in [0, 0.05) is 6.54 Å². The Morgan fingerprint density at radius 3 is 2.40 bits per heavy atom. The van der Waals surface area contributed by atoms with Gasteiger partial charge < -0.3 is 10.6 Å². The topological polar surface area (TPSA) is 37.0 Å². The smallest absolute Gasteiger partial charge is 0.151 e. The van der Waals surface area contributed by atoms with E-state index in [1.807, 2.05) is 6.92 Å². The highest BCUT2D eigenvalue weighted by molar-refractivity contribution is 6.44. The van der Waals surface area contributed by atoms with E-state index in [-0.39, 0.29) is 0 Å². The first kappa shape index (κ1) is 15.5. The lowest BCUT2D eigenvalue weighted by Crippen LogP contribution is -2.03. The van der Waals surface area contributed by atoms with Gasteiger partial charge in [-0.3, -0.25) is 0 Å². The Labute approximate surface area is 137 Å². The molecule has 0 bridgehead atoms. The number of anilines is 3. The first-order valence-corrected chi connectivity index (χ1v) is 7.35. The van der Waals surface area contributed by atoms with Gasteiger partial charge in [0.1, 0.15) is 5.82 Å². The fourth-order valence-electron chi connectivity index (χ4n) is 1.57. The minimum atomic E-state index is 0.396. The number of nitrogens with zero attached hydrogens (tertiary/aromatic N) is 1. The fourth-order valence-corrected chi connectivity index (χ4v) is 2.39. The molecule has 0 aliphatic carbocycles. The number of aromatic nitrogens is 1. The van der Waals surface area contributed by atoms with Gasteiger partial charge in [0.2, 0.25) is 0 Å². The van der Waals surface area contributed by atoms with Gasteiger partial charge in [0.15, 0.2) is 5.82 Å². The zero-order valence-electron chi connectivity index (χ0n) is 10.5. The summed E-state index contributed by atoms with van der Waals surface area (Å²) in [5.41, 5.74) is 0.623. The van der Waals surface area contributed by atoms with E-state index in [2.05, 4.69) is 15.6 Å². The molecule has 2 aromatic rings. The van der Waals surface area contributed by atoms with Gasteiger partial charge in [-0.1, -0.05) is 52.5 Å². The summed E-state index contributed by atoms with van der Waals surface area (Å²) in [6.45, 7) is 2.65. The first-order valence-electron chi connectivity index (χ1n) is 5.84. The number of rotatable bonds is 4. The highest BCUT2D eigenvalue weighted by atomic mass is 35.5. The van der Waals surface area contributed by atoms with Crippen LogP contribution in [-0.2, 0) is 0 Å². The number of halogens is 4. The zero-order valence-corrected chi connectivity index (χ0v) is 13.5. The van der Waals surface area contributed by atoms with Crippen LogP contribution in [0.25, 0.3) is 0 Å². The largest absolute Gasteiger partial charge is 0.369 e. The van der Waals surface area contributed by atoms with Crippen molar-refractivity contribution in [1.29, 1.82) is 0 Å². The van der Waals surface area contributed by atoms with Crippen LogP contribution in [0.3, 0.4) is 0 Å². The van der Waals surface area contributed by atoms with E-state index in [1.165, 1.54) is 0 Å². The minimum Gasteiger partial charge on any atom is -0.369 e. The second-order valence-electron chi connectivity index (χ2n) is 3.91. The third-order valence-corrected chi connectivity index (χ3v) is 3.87. The average Bonchev–Trinajstić information content (AvgIpc) is 2.40. The average molecular weight is 351 g/mol. The van der Waals surface area contributed by atoms with Crippen LogP contribution in [0.2, 0.25) is 20.1 Å². The lowest BCUT2D eigenvalue weighted by Gasteiger charge is -2.13. The van der Waals surface area contributed by atoms with Crippen LogP contribution in [0.4, 0.5) is 17.3 Å². The van der Waals surface area contributed by atoms with Gasteiger partial charge in [-0.15, -0.1) is 0 Å². The van der Waals surface area contributed by atoms with Crippen LogP contribution in [-0.4, -0.2) is 11.5 Å². The Hall–Kier alpha value is -0.870. The van der Waals surface area contributed by atoms with Gasteiger partial charge >= 0.3 is 0 Å². The summed E-state index contributed by atoms with van der Waals surface area (Å²) < 4.78 is 0. The van der Waals surface area contributed by atoms with E-state index in [9.17, 15) is 0 Å². The third kappa shape index (κ3) is 3.41. The van der Waals surface area contributed by atoms with Crippen LogP contribution >= 0.6 is 46.4 Å². The Kier molecular flexibility index (Phi) is 5.22. The van der Waals surface area contributed by atoms with Crippen molar-refractivity contribution in [2.75, 3.05) is 17.2 Å². The molecule has 0 amide bonds. The summed E-state index contributed by atoms with van der Waals surface area (Å²) in [7, 11) is 0. The number of benzene rings is 1. The predicted octanol–water partition coefficient (Wildman–Crippen LogP) is 5.87. The summed E-state index contributed by atoms with van der Waals surface area (Å²) in [6.07, 6.45) is 0. The van der Waals surface area contributed by atoms with Gasteiger partial charge in [-0.25, -0.2) is 4.98 Å². The molecule has 2 rings (SSSR count). The SMILES string of the molecule is CCNc1nc(Nc2cccc(Cl)c2Cl)c(Cl)cc1Cl. The summed E-state index contributed by atoms with van der Waals surface area (Å²) in [4.78, 5) is 4.34. The highest BCUT2D eigenvalue weighted by Crippen LogP contribution is 2.35. The molecule has 1 aromatic carbocycles. The maximum Gasteiger partial charge on any atom is 0.151 e. The van der Waals surface area contributed by atoms with Crippen LogP contribution < -0.4 is 10.6 Å². The number of pyridine rings is 1. The normalized spacial score (nSPS) is 10.4. The molecule has 2 N–H and O–H groups in total. The second kappa shape index (κ2) is 6.72. The van der Waals surface area contributed by atoms with E-state index in [4.69, 9.17) is 46.4 Å². The molecule has 0 aliphatic rings. The first-order chi connectivity index (χ1) is 9.52. The standard InChI is InChI=1S/C13H11Cl4N3/c1-2-18-12-8(15)6-9(16)13(20-12)19-10-5-3-4-7(14)11(10)17/h3-6H,2H2,1H3,(H2,18,19,20). The van der Waals surface area contributed by atoms with Crippen LogP contribution in [0, 0.1) is 0 Å². The number of hydrogen-bond donors (Lipinski definition) is 2. The summed E-state index contributed by atoms with van der Waals surface area (Å²) in [5.74, 6) is 1.01. The summed E-state index contributed by atoms with van der Waals surface area (Å²) in [5, 5.41) is 7.82.